The molecule has 6 heteroatoms. The van der Waals surface area contributed by atoms with Crippen LogP contribution in [0.5, 0.6) is 0 Å². The number of hydrogen-bond donors (Lipinski definition) is 2. The molecule has 0 unspecified atom stereocenters. The summed E-state index contributed by atoms with van der Waals surface area (Å²) in [4.78, 5) is 9.94. The van der Waals surface area contributed by atoms with Crippen molar-refractivity contribution in [3.63, 3.8) is 0 Å². The zero-order valence-corrected chi connectivity index (χ0v) is 8.94. The smallest absolute Gasteiger partial charge is 0.295 e. The Morgan fingerprint density at radius 1 is 1.33 bits per heavy atom. The molecule has 0 fully saturated rings. The van der Waals surface area contributed by atoms with Crippen molar-refractivity contribution < 1.29 is 22.9 Å². The Morgan fingerprint density at radius 3 is 2.13 bits per heavy atom. The van der Waals surface area contributed by atoms with Gasteiger partial charge in [0.2, 0.25) is 0 Å². The maximum atomic E-state index is 10.6. The number of carbonyl (C=O) groups is 1. The van der Waals surface area contributed by atoms with Crippen molar-refractivity contribution in [2.24, 2.45) is 0 Å². The Balaban J connectivity index is 0.000000583. The average molecular weight is 232 g/mol. The number of aliphatic hydroxyl groups is 1. The highest BCUT2D eigenvalue weighted by Crippen LogP contribution is 2.12. The maximum Gasteiger partial charge on any atom is 0.295 e. The summed E-state index contributed by atoms with van der Waals surface area (Å²) in [7, 11) is -4.28. The predicted molar refractivity (Wildman–Crippen MR) is 54.4 cm³/mol. The van der Waals surface area contributed by atoms with Crippen molar-refractivity contribution in [2.75, 3.05) is 6.61 Å². The highest BCUT2D eigenvalue weighted by atomic mass is 32.2. The van der Waals surface area contributed by atoms with Crippen molar-refractivity contribution in [2.45, 2.75) is 11.8 Å². The van der Waals surface area contributed by atoms with Gasteiger partial charge < -0.3 is 5.11 Å². The lowest BCUT2D eigenvalue weighted by atomic mass is 10.2. The second-order valence-electron chi connectivity index (χ2n) is 2.45. The van der Waals surface area contributed by atoms with Gasteiger partial charge in [0.05, 0.1) is 0 Å². The third kappa shape index (κ3) is 4.68. The fraction of sp³-hybridized carbons (Fsp3) is 0.222. The van der Waals surface area contributed by atoms with Crippen molar-refractivity contribution in [3.8, 4) is 0 Å². The topological polar surface area (TPSA) is 91.7 Å². The summed E-state index contributed by atoms with van der Waals surface area (Å²) < 4.78 is 29.8. The molecule has 1 aromatic rings. The van der Waals surface area contributed by atoms with Crippen LogP contribution in [-0.4, -0.2) is 31.0 Å². The fourth-order valence-electron chi connectivity index (χ4n) is 0.813. The van der Waals surface area contributed by atoms with Crippen LogP contribution in [0.25, 0.3) is 0 Å². The van der Waals surface area contributed by atoms with Crippen LogP contribution in [0.15, 0.2) is 29.2 Å². The number of aldehydes is 1. The molecule has 0 aliphatic heterocycles. The van der Waals surface area contributed by atoms with E-state index >= 15 is 0 Å². The van der Waals surface area contributed by atoms with Crippen molar-refractivity contribution in [1.82, 2.24) is 0 Å². The number of hydrogen-bond acceptors (Lipinski definition) is 4. The lowest BCUT2D eigenvalue weighted by molar-refractivity contribution is 0.112. The van der Waals surface area contributed by atoms with Crippen LogP contribution < -0.4 is 0 Å². The fourth-order valence-corrected chi connectivity index (χ4v) is 1.48. The third-order valence-electron chi connectivity index (χ3n) is 1.32. The largest absolute Gasteiger partial charge is 0.397 e. The van der Waals surface area contributed by atoms with Crippen LogP contribution in [0.1, 0.15) is 17.3 Å². The average Bonchev–Trinajstić information content (AvgIpc) is 2.18. The summed E-state index contributed by atoms with van der Waals surface area (Å²) in [6.07, 6.45) is 0.378. The highest BCUT2D eigenvalue weighted by Gasteiger charge is 2.13. The molecule has 0 aromatic heterocycles. The molecule has 15 heavy (non-hydrogen) atoms. The number of aliphatic hydroxyl groups excluding tert-OH is 1. The minimum atomic E-state index is -4.28. The summed E-state index contributed by atoms with van der Waals surface area (Å²) >= 11 is 0. The summed E-state index contributed by atoms with van der Waals surface area (Å²) in [5, 5.41) is 7.57. The molecule has 0 radical (unpaired) electrons. The lowest BCUT2D eigenvalue weighted by Gasteiger charge is -1.98. The van der Waals surface area contributed by atoms with Gasteiger partial charge in [-0.2, -0.15) is 8.42 Å². The van der Waals surface area contributed by atoms with E-state index in [1.807, 2.05) is 0 Å². The van der Waals surface area contributed by atoms with Gasteiger partial charge in [0.25, 0.3) is 10.1 Å². The van der Waals surface area contributed by atoms with Gasteiger partial charge in [0, 0.05) is 12.2 Å². The van der Waals surface area contributed by atoms with E-state index in [9.17, 15) is 13.2 Å². The Morgan fingerprint density at radius 2 is 1.80 bits per heavy atom. The lowest BCUT2D eigenvalue weighted by Crippen LogP contribution is -2.01. The summed E-state index contributed by atoms with van der Waals surface area (Å²) in [5.41, 5.74) is -0.0417. The zero-order chi connectivity index (χ0) is 11.9. The molecule has 84 valence electrons. The quantitative estimate of drug-likeness (QED) is 0.579. The summed E-state index contributed by atoms with van der Waals surface area (Å²) in [6, 6.07) is 5.42. The van der Waals surface area contributed by atoms with E-state index in [0.717, 1.165) is 0 Å². The minimum Gasteiger partial charge on any atom is -0.397 e. The zero-order valence-electron chi connectivity index (χ0n) is 8.12. The van der Waals surface area contributed by atoms with Crippen molar-refractivity contribution >= 4 is 16.4 Å². The molecule has 1 aromatic carbocycles. The molecule has 0 bridgehead atoms. The van der Waals surface area contributed by atoms with Crippen LogP contribution in [-0.2, 0) is 10.1 Å². The van der Waals surface area contributed by atoms with Gasteiger partial charge in [-0.1, -0.05) is 18.2 Å². The van der Waals surface area contributed by atoms with Crippen LogP contribution in [0.2, 0.25) is 0 Å². The van der Waals surface area contributed by atoms with E-state index in [0.29, 0.717) is 6.29 Å². The van der Waals surface area contributed by atoms with E-state index in [2.05, 4.69) is 0 Å². The van der Waals surface area contributed by atoms with Crippen LogP contribution >= 0.6 is 0 Å². The molecule has 5 nitrogen and oxygen atoms in total. The van der Waals surface area contributed by atoms with Crippen LogP contribution in [0.3, 0.4) is 0 Å². The van der Waals surface area contributed by atoms with E-state index in [4.69, 9.17) is 9.66 Å². The maximum absolute atomic E-state index is 10.6. The third-order valence-corrected chi connectivity index (χ3v) is 2.25. The SMILES string of the molecule is CCO.O=Cc1ccccc1S(=O)(=O)O. The summed E-state index contributed by atoms with van der Waals surface area (Å²) in [5.74, 6) is 0. The van der Waals surface area contributed by atoms with E-state index < -0.39 is 10.1 Å². The number of carbonyl (C=O) groups excluding carboxylic acids is 1. The Bertz CT molecular complexity index is 410. The first-order valence-electron chi connectivity index (χ1n) is 4.10. The molecule has 0 saturated carbocycles. The Kier molecular flexibility index (Phi) is 5.76. The second-order valence-corrected chi connectivity index (χ2v) is 3.84. The Hall–Kier alpha value is -1.24. The van der Waals surface area contributed by atoms with E-state index in [-0.39, 0.29) is 17.1 Å². The normalized spacial score (nSPS) is 10.1. The van der Waals surface area contributed by atoms with Gasteiger partial charge in [-0.3, -0.25) is 9.35 Å². The molecule has 0 amide bonds. The molecular formula is C9H12O5S. The molecule has 2 N–H and O–H groups in total. The van der Waals surface area contributed by atoms with Gasteiger partial charge in [-0.05, 0) is 13.0 Å². The minimum absolute atomic E-state index is 0.0417. The first-order valence-corrected chi connectivity index (χ1v) is 5.54. The van der Waals surface area contributed by atoms with Gasteiger partial charge >= 0.3 is 0 Å². The molecule has 0 spiro atoms. The van der Waals surface area contributed by atoms with Crippen molar-refractivity contribution in [3.05, 3.63) is 29.8 Å². The van der Waals surface area contributed by atoms with Crippen LogP contribution in [0.4, 0.5) is 0 Å². The molecule has 0 saturated heterocycles. The molecule has 1 rings (SSSR count). The van der Waals surface area contributed by atoms with Gasteiger partial charge in [-0.25, -0.2) is 0 Å². The first kappa shape index (κ1) is 13.8. The first-order chi connectivity index (χ1) is 6.97. The standard InChI is InChI=1S/C7H6O4S.C2H6O/c8-5-6-3-1-2-4-7(6)12(9,10)11;1-2-3/h1-5H,(H,9,10,11);3H,2H2,1H3. The highest BCUT2D eigenvalue weighted by molar-refractivity contribution is 7.86. The van der Waals surface area contributed by atoms with Crippen molar-refractivity contribution in [1.29, 1.82) is 0 Å². The molecule has 0 atom stereocenters. The van der Waals surface area contributed by atoms with Gasteiger partial charge in [0.15, 0.2) is 6.29 Å². The molecular weight excluding hydrogens is 220 g/mol. The number of rotatable bonds is 2. The molecule has 0 aliphatic carbocycles. The monoisotopic (exact) mass is 232 g/mol. The van der Waals surface area contributed by atoms with Crippen LogP contribution in [0, 0.1) is 0 Å². The molecule has 0 heterocycles. The van der Waals surface area contributed by atoms with Gasteiger partial charge in [-0.15, -0.1) is 0 Å². The van der Waals surface area contributed by atoms with E-state index in [1.165, 1.54) is 24.3 Å². The van der Waals surface area contributed by atoms with E-state index in [1.54, 1.807) is 6.92 Å². The molecule has 0 aliphatic rings. The van der Waals surface area contributed by atoms with Gasteiger partial charge in [0.1, 0.15) is 4.90 Å². The second kappa shape index (κ2) is 6.28. The summed E-state index contributed by atoms with van der Waals surface area (Å²) in [6.45, 7) is 1.93. The Labute approximate surface area is 88.1 Å². The number of benzene rings is 1. The predicted octanol–water partition coefficient (Wildman–Crippen LogP) is 0.744.